The van der Waals surface area contributed by atoms with Crippen LogP contribution in [0.25, 0.3) is 0 Å². The average Bonchev–Trinajstić information content (AvgIpc) is 3.17. The summed E-state index contributed by atoms with van der Waals surface area (Å²) in [6.07, 6.45) is -0.529. The summed E-state index contributed by atoms with van der Waals surface area (Å²) in [5, 5.41) is 7.33. The molecule has 0 bridgehead atoms. The maximum atomic E-state index is 13.6. The van der Waals surface area contributed by atoms with E-state index in [-0.39, 0.29) is 11.4 Å². The molecule has 3 aromatic rings. The molecule has 1 aliphatic heterocycles. The molecule has 2 N–H and O–H groups in total. The predicted octanol–water partition coefficient (Wildman–Crippen LogP) is 4.30. The van der Waals surface area contributed by atoms with Gasteiger partial charge in [0.15, 0.2) is 0 Å². The molecule has 0 spiro atoms. The number of fused-ring (bicyclic) bond motifs is 1. The smallest absolute Gasteiger partial charge is 0.253 e. The normalized spacial score (nSPS) is 15.6. The van der Waals surface area contributed by atoms with Crippen LogP contribution in [0.4, 0.5) is 19.5 Å². The van der Waals surface area contributed by atoms with Gasteiger partial charge in [-0.15, -0.1) is 11.3 Å². The highest BCUT2D eigenvalue weighted by molar-refractivity contribution is 7.14. The van der Waals surface area contributed by atoms with Crippen LogP contribution in [-0.4, -0.2) is 5.91 Å². The molecule has 25 heavy (non-hydrogen) atoms. The topological polar surface area (TPSA) is 44.4 Å². The summed E-state index contributed by atoms with van der Waals surface area (Å²) in [7, 11) is 0. The highest BCUT2D eigenvalue weighted by Gasteiger charge is 2.33. The Bertz CT molecular complexity index is 943. The monoisotopic (exact) mass is 357 g/mol. The number of carbonyl (C=O) groups is 1. The summed E-state index contributed by atoms with van der Waals surface area (Å²) < 4.78 is 27.0. The van der Waals surface area contributed by atoms with Gasteiger partial charge in [-0.1, -0.05) is 12.1 Å². The maximum Gasteiger partial charge on any atom is 0.253 e. The third-order valence-corrected chi connectivity index (χ3v) is 4.75. The van der Waals surface area contributed by atoms with Gasteiger partial charge in [-0.3, -0.25) is 15.2 Å². The fourth-order valence-electron chi connectivity index (χ4n) is 2.76. The van der Waals surface area contributed by atoms with Gasteiger partial charge >= 0.3 is 0 Å². The van der Waals surface area contributed by atoms with Gasteiger partial charge in [0, 0.05) is 11.1 Å². The van der Waals surface area contributed by atoms with Crippen molar-refractivity contribution < 1.29 is 13.6 Å². The van der Waals surface area contributed by atoms with E-state index in [1.165, 1.54) is 41.7 Å². The largest absolute Gasteiger partial charge is 0.326 e. The number of rotatable bonds is 3. The SMILES string of the molecule is O=C(NC1c2ccsc2NN1c1cccc(F)c1)c1cccc(F)c1. The number of hydrogen-bond donors (Lipinski definition) is 2. The van der Waals surface area contributed by atoms with Crippen molar-refractivity contribution in [2.75, 3.05) is 10.4 Å². The van der Waals surface area contributed by atoms with Crippen molar-refractivity contribution in [2.45, 2.75) is 6.17 Å². The van der Waals surface area contributed by atoms with Gasteiger partial charge in [0.05, 0.1) is 5.69 Å². The van der Waals surface area contributed by atoms with E-state index in [1.54, 1.807) is 23.2 Å². The molecule has 126 valence electrons. The second-order valence-corrected chi connectivity index (χ2v) is 6.47. The highest BCUT2D eigenvalue weighted by Crippen LogP contribution is 2.40. The van der Waals surface area contributed by atoms with E-state index in [4.69, 9.17) is 0 Å². The standard InChI is InChI=1S/C18H13F2N3OS/c19-12-4-1-3-11(9-12)17(24)21-16-15-7-8-25-18(15)22-23(16)14-6-2-5-13(20)10-14/h1-10,16,22H,(H,21,24). The molecule has 0 fully saturated rings. The van der Waals surface area contributed by atoms with E-state index in [1.807, 2.05) is 11.4 Å². The molecule has 4 rings (SSSR count). The summed E-state index contributed by atoms with van der Waals surface area (Å²) in [4.78, 5) is 12.5. The molecule has 2 heterocycles. The van der Waals surface area contributed by atoms with Gasteiger partial charge in [0.2, 0.25) is 0 Å². The molecule has 7 heteroatoms. The van der Waals surface area contributed by atoms with Crippen LogP contribution in [0.1, 0.15) is 22.1 Å². The Hall–Kier alpha value is -2.93. The molecule has 1 unspecified atom stereocenters. The van der Waals surface area contributed by atoms with E-state index in [0.717, 1.165) is 10.6 Å². The van der Waals surface area contributed by atoms with Crippen molar-refractivity contribution in [3.8, 4) is 0 Å². The molecule has 0 saturated heterocycles. The number of carbonyl (C=O) groups excluding carboxylic acids is 1. The zero-order valence-corrected chi connectivity index (χ0v) is 13.7. The zero-order valence-electron chi connectivity index (χ0n) is 12.9. The van der Waals surface area contributed by atoms with E-state index < -0.39 is 17.9 Å². The fraction of sp³-hybridized carbons (Fsp3) is 0.0556. The quantitative estimate of drug-likeness (QED) is 0.734. The molecule has 1 atom stereocenters. The Morgan fingerprint density at radius 3 is 2.60 bits per heavy atom. The van der Waals surface area contributed by atoms with Gasteiger partial charge in [-0.05, 0) is 47.8 Å². The second kappa shape index (κ2) is 6.18. The van der Waals surface area contributed by atoms with Gasteiger partial charge in [0.1, 0.15) is 22.8 Å². The van der Waals surface area contributed by atoms with Crippen LogP contribution < -0.4 is 15.8 Å². The van der Waals surface area contributed by atoms with Gasteiger partial charge in [-0.2, -0.15) is 0 Å². The van der Waals surface area contributed by atoms with Crippen LogP contribution in [0, 0.1) is 11.6 Å². The van der Waals surface area contributed by atoms with Crippen LogP contribution in [0.2, 0.25) is 0 Å². The van der Waals surface area contributed by atoms with E-state index in [9.17, 15) is 13.6 Å². The van der Waals surface area contributed by atoms with Crippen molar-refractivity contribution in [3.63, 3.8) is 0 Å². The lowest BCUT2D eigenvalue weighted by atomic mass is 10.2. The third-order valence-electron chi connectivity index (χ3n) is 3.91. The molecule has 1 aliphatic rings. The van der Waals surface area contributed by atoms with Crippen LogP contribution in [0.5, 0.6) is 0 Å². The molecule has 1 amide bonds. The second-order valence-electron chi connectivity index (χ2n) is 5.55. The first-order valence-corrected chi connectivity index (χ1v) is 8.45. The Morgan fingerprint density at radius 1 is 1.08 bits per heavy atom. The van der Waals surface area contributed by atoms with Crippen LogP contribution >= 0.6 is 11.3 Å². The number of halogens is 2. The number of benzene rings is 2. The van der Waals surface area contributed by atoms with Crippen LogP contribution in [0.15, 0.2) is 60.0 Å². The van der Waals surface area contributed by atoms with Crippen molar-refractivity contribution in [1.29, 1.82) is 0 Å². The number of nitrogens with zero attached hydrogens (tertiary/aromatic N) is 1. The minimum Gasteiger partial charge on any atom is -0.326 e. The van der Waals surface area contributed by atoms with Gasteiger partial charge in [0.25, 0.3) is 5.91 Å². The average molecular weight is 357 g/mol. The molecule has 1 aromatic heterocycles. The predicted molar refractivity (Wildman–Crippen MR) is 93.4 cm³/mol. The number of nitrogens with one attached hydrogen (secondary N) is 2. The number of hydrogen-bond acceptors (Lipinski definition) is 4. The van der Waals surface area contributed by atoms with E-state index >= 15 is 0 Å². The Labute approximate surface area is 146 Å². The summed E-state index contributed by atoms with van der Waals surface area (Å²) in [5.74, 6) is -1.26. The lowest BCUT2D eigenvalue weighted by Crippen LogP contribution is -2.40. The summed E-state index contributed by atoms with van der Waals surface area (Å²) in [6, 6.07) is 13.5. The van der Waals surface area contributed by atoms with Crippen molar-refractivity contribution >= 4 is 27.9 Å². The highest BCUT2D eigenvalue weighted by atomic mass is 32.1. The first kappa shape index (κ1) is 15.6. The molecule has 2 aromatic carbocycles. The summed E-state index contributed by atoms with van der Waals surface area (Å²) in [5.41, 5.74) is 4.85. The van der Waals surface area contributed by atoms with Crippen LogP contribution in [0.3, 0.4) is 0 Å². The summed E-state index contributed by atoms with van der Waals surface area (Å²) in [6.45, 7) is 0. The van der Waals surface area contributed by atoms with E-state index in [0.29, 0.717) is 5.69 Å². The lowest BCUT2D eigenvalue weighted by molar-refractivity contribution is 0.0937. The summed E-state index contributed by atoms with van der Waals surface area (Å²) >= 11 is 1.49. The van der Waals surface area contributed by atoms with Crippen molar-refractivity contribution in [2.24, 2.45) is 0 Å². The molecule has 4 nitrogen and oxygen atoms in total. The minimum absolute atomic E-state index is 0.225. The number of amides is 1. The minimum atomic E-state index is -0.529. The molecule has 0 radical (unpaired) electrons. The van der Waals surface area contributed by atoms with E-state index in [2.05, 4.69) is 10.7 Å². The first-order valence-electron chi connectivity index (χ1n) is 7.57. The number of hydrazine groups is 1. The number of thiophene rings is 1. The lowest BCUT2D eigenvalue weighted by Gasteiger charge is -2.27. The molecular weight excluding hydrogens is 344 g/mol. The number of anilines is 2. The Morgan fingerprint density at radius 2 is 1.84 bits per heavy atom. The van der Waals surface area contributed by atoms with Gasteiger partial charge in [-0.25, -0.2) is 8.78 Å². The Balaban J connectivity index is 1.65. The Kier molecular flexibility index (Phi) is 3.85. The molecular formula is C18H13F2N3OS. The fourth-order valence-corrected chi connectivity index (χ4v) is 3.58. The van der Waals surface area contributed by atoms with Crippen molar-refractivity contribution in [3.05, 3.63) is 82.7 Å². The van der Waals surface area contributed by atoms with Gasteiger partial charge < -0.3 is 5.32 Å². The van der Waals surface area contributed by atoms with Crippen LogP contribution in [-0.2, 0) is 0 Å². The maximum absolute atomic E-state index is 13.6. The molecule has 0 saturated carbocycles. The van der Waals surface area contributed by atoms with Crippen molar-refractivity contribution in [1.82, 2.24) is 5.32 Å². The third kappa shape index (κ3) is 2.94. The molecule has 0 aliphatic carbocycles. The zero-order chi connectivity index (χ0) is 17.4. The first-order chi connectivity index (χ1) is 12.1.